The molecule has 21 heavy (non-hydrogen) atoms. The summed E-state index contributed by atoms with van der Waals surface area (Å²) in [5.41, 5.74) is 1.85. The number of nitrogens with one attached hydrogen (secondary N) is 2. The highest BCUT2D eigenvalue weighted by Crippen LogP contribution is 2.18. The van der Waals surface area contributed by atoms with Crippen LogP contribution < -0.4 is 10.6 Å². The molecule has 110 valence electrons. The first-order valence-electron chi connectivity index (χ1n) is 7.62. The zero-order valence-corrected chi connectivity index (χ0v) is 12.1. The van der Waals surface area contributed by atoms with Crippen LogP contribution in [0.1, 0.15) is 32.1 Å². The minimum absolute atomic E-state index is 0.105. The van der Waals surface area contributed by atoms with Crippen LogP contribution in [0.25, 0.3) is 5.69 Å². The highest BCUT2D eigenvalue weighted by atomic mass is 16.2. The van der Waals surface area contributed by atoms with E-state index in [-0.39, 0.29) is 6.03 Å². The second-order valence-corrected chi connectivity index (χ2v) is 5.57. The van der Waals surface area contributed by atoms with Gasteiger partial charge in [0.2, 0.25) is 0 Å². The van der Waals surface area contributed by atoms with Crippen molar-refractivity contribution in [2.24, 2.45) is 0 Å². The van der Waals surface area contributed by atoms with Gasteiger partial charge in [0.25, 0.3) is 0 Å². The van der Waals surface area contributed by atoms with E-state index in [4.69, 9.17) is 0 Å². The molecular formula is C17H21N3O. The Bertz CT molecular complexity index is 586. The van der Waals surface area contributed by atoms with Gasteiger partial charge in [0.05, 0.1) is 0 Å². The van der Waals surface area contributed by atoms with Gasteiger partial charge in [0.15, 0.2) is 0 Å². The Balaban J connectivity index is 1.62. The van der Waals surface area contributed by atoms with Crippen molar-refractivity contribution in [3.63, 3.8) is 0 Å². The highest BCUT2D eigenvalue weighted by molar-refractivity contribution is 5.89. The van der Waals surface area contributed by atoms with E-state index >= 15 is 0 Å². The van der Waals surface area contributed by atoms with E-state index in [1.54, 1.807) is 0 Å². The summed E-state index contributed by atoms with van der Waals surface area (Å²) in [7, 11) is 0. The summed E-state index contributed by atoms with van der Waals surface area (Å²) < 4.78 is 2.02. The molecule has 0 atom stereocenters. The molecule has 0 bridgehead atoms. The maximum atomic E-state index is 12.0. The SMILES string of the molecule is O=C(Nc1cccc(-n2cccc2)c1)NC1CCCCC1. The first-order chi connectivity index (χ1) is 10.3. The van der Waals surface area contributed by atoms with Crippen LogP contribution in [0, 0.1) is 0 Å². The Morgan fingerprint density at radius 2 is 1.81 bits per heavy atom. The molecule has 1 fully saturated rings. The summed E-state index contributed by atoms with van der Waals surface area (Å²) in [6, 6.07) is 12.0. The number of aromatic nitrogens is 1. The molecule has 1 saturated carbocycles. The summed E-state index contributed by atoms with van der Waals surface area (Å²) in [5.74, 6) is 0. The van der Waals surface area contributed by atoms with Gasteiger partial charge >= 0.3 is 6.03 Å². The summed E-state index contributed by atoms with van der Waals surface area (Å²) in [4.78, 5) is 12.0. The Morgan fingerprint density at radius 3 is 2.57 bits per heavy atom. The van der Waals surface area contributed by atoms with Crippen molar-refractivity contribution in [1.82, 2.24) is 9.88 Å². The first kappa shape index (κ1) is 13.7. The molecular weight excluding hydrogens is 262 g/mol. The van der Waals surface area contributed by atoms with Crippen molar-refractivity contribution >= 4 is 11.7 Å². The second-order valence-electron chi connectivity index (χ2n) is 5.57. The van der Waals surface area contributed by atoms with Crippen LogP contribution in [0.5, 0.6) is 0 Å². The van der Waals surface area contributed by atoms with Crippen molar-refractivity contribution < 1.29 is 4.79 Å². The number of carbonyl (C=O) groups excluding carboxylic acids is 1. The molecule has 4 heteroatoms. The summed E-state index contributed by atoms with van der Waals surface area (Å²) in [6.45, 7) is 0. The predicted octanol–water partition coefficient (Wildman–Crippen LogP) is 3.93. The van der Waals surface area contributed by atoms with Gasteiger partial charge in [-0.1, -0.05) is 25.3 Å². The number of anilines is 1. The lowest BCUT2D eigenvalue weighted by Gasteiger charge is -2.22. The van der Waals surface area contributed by atoms with E-state index in [0.717, 1.165) is 24.2 Å². The Kier molecular flexibility index (Phi) is 4.24. The van der Waals surface area contributed by atoms with Crippen LogP contribution in [0.2, 0.25) is 0 Å². The molecule has 1 aromatic heterocycles. The van der Waals surface area contributed by atoms with Gasteiger partial charge in [-0.3, -0.25) is 0 Å². The first-order valence-corrected chi connectivity index (χ1v) is 7.62. The normalized spacial score (nSPS) is 15.6. The highest BCUT2D eigenvalue weighted by Gasteiger charge is 2.15. The van der Waals surface area contributed by atoms with Crippen LogP contribution in [-0.4, -0.2) is 16.6 Å². The van der Waals surface area contributed by atoms with E-state index < -0.39 is 0 Å². The number of nitrogens with zero attached hydrogens (tertiary/aromatic N) is 1. The van der Waals surface area contributed by atoms with Crippen LogP contribution >= 0.6 is 0 Å². The maximum absolute atomic E-state index is 12.0. The number of benzene rings is 1. The Labute approximate surface area is 125 Å². The molecule has 2 amide bonds. The third-order valence-corrected chi connectivity index (χ3v) is 3.95. The van der Waals surface area contributed by atoms with Crippen molar-refractivity contribution in [3.05, 3.63) is 48.8 Å². The van der Waals surface area contributed by atoms with E-state index in [2.05, 4.69) is 10.6 Å². The van der Waals surface area contributed by atoms with Gasteiger partial charge in [0, 0.05) is 29.8 Å². The van der Waals surface area contributed by atoms with Gasteiger partial charge in [-0.05, 0) is 43.2 Å². The van der Waals surface area contributed by atoms with E-state index in [0.29, 0.717) is 6.04 Å². The average Bonchev–Trinajstić information content (AvgIpc) is 3.02. The lowest BCUT2D eigenvalue weighted by Crippen LogP contribution is -2.39. The summed E-state index contributed by atoms with van der Waals surface area (Å²) in [5, 5.41) is 5.99. The number of hydrogen-bond acceptors (Lipinski definition) is 1. The fourth-order valence-corrected chi connectivity index (χ4v) is 2.85. The van der Waals surface area contributed by atoms with E-state index in [1.165, 1.54) is 19.3 Å². The van der Waals surface area contributed by atoms with Crippen molar-refractivity contribution in [1.29, 1.82) is 0 Å². The zero-order chi connectivity index (χ0) is 14.5. The van der Waals surface area contributed by atoms with Crippen LogP contribution in [0.15, 0.2) is 48.8 Å². The van der Waals surface area contributed by atoms with Crippen LogP contribution in [0.3, 0.4) is 0 Å². The molecule has 4 nitrogen and oxygen atoms in total. The molecule has 0 unspecified atom stereocenters. The summed E-state index contributed by atoms with van der Waals surface area (Å²) in [6.07, 6.45) is 9.89. The maximum Gasteiger partial charge on any atom is 0.319 e. The van der Waals surface area contributed by atoms with E-state index in [9.17, 15) is 4.79 Å². The standard InChI is InChI=1S/C17H21N3O/c21-17(18-14-7-2-1-3-8-14)19-15-9-6-10-16(13-15)20-11-4-5-12-20/h4-6,9-14H,1-3,7-8H2,(H2,18,19,21). The molecule has 0 spiro atoms. The van der Waals surface area contributed by atoms with Crippen molar-refractivity contribution in [2.75, 3.05) is 5.32 Å². The average molecular weight is 283 g/mol. The van der Waals surface area contributed by atoms with Gasteiger partial charge in [-0.15, -0.1) is 0 Å². The zero-order valence-electron chi connectivity index (χ0n) is 12.1. The lowest BCUT2D eigenvalue weighted by molar-refractivity contribution is 0.244. The minimum atomic E-state index is -0.105. The van der Waals surface area contributed by atoms with Gasteiger partial charge in [0.1, 0.15) is 0 Å². The third-order valence-electron chi connectivity index (χ3n) is 3.95. The smallest absolute Gasteiger partial charge is 0.319 e. The van der Waals surface area contributed by atoms with Gasteiger partial charge in [-0.2, -0.15) is 0 Å². The van der Waals surface area contributed by atoms with Crippen LogP contribution in [-0.2, 0) is 0 Å². The molecule has 2 aromatic rings. The van der Waals surface area contributed by atoms with E-state index in [1.807, 2.05) is 53.4 Å². The molecule has 1 heterocycles. The molecule has 0 saturated heterocycles. The number of hydrogen-bond donors (Lipinski definition) is 2. The number of carbonyl (C=O) groups is 1. The third kappa shape index (κ3) is 3.66. The quantitative estimate of drug-likeness (QED) is 0.880. The molecule has 3 rings (SSSR count). The molecule has 1 aromatic carbocycles. The monoisotopic (exact) mass is 283 g/mol. The number of rotatable bonds is 3. The topological polar surface area (TPSA) is 46.1 Å². The predicted molar refractivity (Wildman–Crippen MR) is 84.8 cm³/mol. The minimum Gasteiger partial charge on any atom is -0.335 e. The Hall–Kier alpha value is -2.23. The van der Waals surface area contributed by atoms with Crippen LogP contribution in [0.4, 0.5) is 10.5 Å². The number of amides is 2. The lowest BCUT2D eigenvalue weighted by atomic mass is 9.96. The summed E-state index contributed by atoms with van der Waals surface area (Å²) >= 11 is 0. The fourth-order valence-electron chi connectivity index (χ4n) is 2.85. The Morgan fingerprint density at radius 1 is 1.05 bits per heavy atom. The van der Waals surface area contributed by atoms with Gasteiger partial charge < -0.3 is 15.2 Å². The van der Waals surface area contributed by atoms with Crippen molar-refractivity contribution in [2.45, 2.75) is 38.1 Å². The second kappa shape index (κ2) is 6.48. The largest absolute Gasteiger partial charge is 0.335 e. The molecule has 2 N–H and O–H groups in total. The molecule has 1 aliphatic carbocycles. The molecule has 0 aliphatic heterocycles. The van der Waals surface area contributed by atoms with Crippen molar-refractivity contribution in [3.8, 4) is 5.69 Å². The fraction of sp³-hybridized carbons (Fsp3) is 0.353. The van der Waals surface area contributed by atoms with Gasteiger partial charge in [-0.25, -0.2) is 4.79 Å². The number of urea groups is 1. The molecule has 1 aliphatic rings. The molecule has 0 radical (unpaired) electrons.